The standard InChI is InChI=1S/C32H33N3O4S/c1-7-38-25-15-13-23(14-16-25)29-28(31(37)39-8-2)21(5)33-32-35(29)30(36)27(40-32)18-24-17-20(4)34(22(24)6)26-12-10-9-11-19(26)3/h9-18,29H,7-8H2,1-6H3/b27-18-/t29-/m0/s1. The Labute approximate surface area is 237 Å². The van der Waals surface area contributed by atoms with E-state index in [0.717, 1.165) is 34.0 Å². The van der Waals surface area contributed by atoms with Crippen LogP contribution in [0.4, 0.5) is 0 Å². The van der Waals surface area contributed by atoms with Crippen molar-refractivity contribution in [1.29, 1.82) is 0 Å². The maximum atomic E-state index is 14.0. The number of nitrogens with zero attached hydrogens (tertiary/aromatic N) is 3. The number of thiazole rings is 1. The van der Waals surface area contributed by atoms with E-state index < -0.39 is 12.0 Å². The molecule has 1 atom stereocenters. The van der Waals surface area contributed by atoms with Crippen molar-refractivity contribution >= 4 is 23.4 Å². The maximum absolute atomic E-state index is 14.0. The third-order valence-electron chi connectivity index (χ3n) is 7.14. The lowest BCUT2D eigenvalue weighted by molar-refractivity contribution is -0.139. The zero-order chi connectivity index (χ0) is 28.6. The highest BCUT2D eigenvalue weighted by Crippen LogP contribution is 2.32. The first kappa shape index (κ1) is 27.4. The minimum Gasteiger partial charge on any atom is -0.494 e. The summed E-state index contributed by atoms with van der Waals surface area (Å²) in [6, 6.07) is 17.2. The molecule has 1 aliphatic heterocycles. The molecular weight excluding hydrogens is 522 g/mol. The Morgan fingerprint density at radius 2 is 1.75 bits per heavy atom. The molecule has 0 saturated heterocycles. The number of para-hydroxylation sites is 1. The quantitative estimate of drug-likeness (QED) is 0.304. The van der Waals surface area contributed by atoms with Gasteiger partial charge in [0.1, 0.15) is 5.75 Å². The first-order chi connectivity index (χ1) is 19.2. The molecular formula is C32H33N3O4S. The molecule has 0 fully saturated rings. The Balaban J connectivity index is 1.68. The average Bonchev–Trinajstić information content (AvgIpc) is 3.38. The minimum absolute atomic E-state index is 0.197. The molecule has 7 nitrogen and oxygen atoms in total. The molecule has 2 aromatic carbocycles. The van der Waals surface area contributed by atoms with E-state index in [1.54, 1.807) is 18.4 Å². The molecule has 0 radical (unpaired) electrons. The number of aryl methyl sites for hydroxylation is 2. The van der Waals surface area contributed by atoms with Gasteiger partial charge in [-0.25, -0.2) is 9.79 Å². The summed E-state index contributed by atoms with van der Waals surface area (Å²) in [7, 11) is 0. The lowest BCUT2D eigenvalue weighted by atomic mass is 9.96. The largest absolute Gasteiger partial charge is 0.494 e. The van der Waals surface area contributed by atoms with Gasteiger partial charge in [-0.05, 0) is 88.6 Å². The highest BCUT2D eigenvalue weighted by Gasteiger charge is 2.33. The van der Waals surface area contributed by atoms with Gasteiger partial charge in [-0.1, -0.05) is 41.7 Å². The molecule has 0 unspecified atom stereocenters. The number of ether oxygens (including phenoxy) is 2. The van der Waals surface area contributed by atoms with Gasteiger partial charge >= 0.3 is 5.97 Å². The average molecular weight is 556 g/mol. The van der Waals surface area contributed by atoms with Gasteiger partial charge < -0.3 is 14.0 Å². The normalized spacial score (nSPS) is 15.2. The zero-order valence-corrected chi connectivity index (χ0v) is 24.5. The molecule has 4 aromatic rings. The number of benzene rings is 2. The minimum atomic E-state index is -0.660. The molecule has 2 aromatic heterocycles. The van der Waals surface area contributed by atoms with Gasteiger partial charge in [0.2, 0.25) is 0 Å². The van der Waals surface area contributed by atoms with Gasteiger partial charge in [0.05, 0.1) is 35.1 Å². The van der Waals surface area contributed by atoms with Gasteiger partial charge in [-0.2, -0.15) is 0 Å². The summed E-state index contributed by atoms with van der Waals surface area (Å²) in [5.41, 5.74) is 6.87. The zero-order valence-electron chi connectivity index (χ0n) is 23.6. The third-order valence-corrected chi connectivity index (χ3v) is 8.12. The van der Waals surface area contributed by atoms with Crippen LogP contribution in [0.3, 0.4) is 0 Å². The lowest BCUT2D eigenvalue weighted by Gasteiger charge is -2.24. The molecule has 1 aliphatic rings. The van der Waals surface area contributed by atoms with Crippen molar-refractivity contribution in [3.63, 3.8) is 0 Å². The molecule has 206 valence electrons. The van der Waals surface area contributed by atoms with Crippen LogP contribution in [0.15, 0.2) is 75.7 Å². The predicted molar refractivity (Wildman–Crippen MR) is 158 cm³/mol. The van der Waals surface area contributed by atoms with Gasteiger partial charge in [-0.15, -0.1) is 0 Å². The topological polar surface area (TPSA) is 74.8 Å². The highest BCUT2D eigenvalue weighted by atomic mass is 32.1. The van der Waals surface area contributed by atoms with Crippen LogP contribution >= 0.6 is 11.3 Å². The number of fused-ring (bicyclic) bond motifs is 1. The second kappa shape index (κ2) is 11.1. The van der Waals surface area contributed by atoms with E-state index in [1.807, 2.05) is 49.4 Å². The molecule has 0 bridgehead atoms. The van der Waals surface area contributed by atoms with Crippen LogP contribution in [0, 0.1) is 20.8 Å². The van der Waals surface area contributed by atoms with E-state index in [0.29, 0.717) is 27.2 Å². The van der Waals surface area contributed by atoms with Gasteiger partial charge in [0, 0.05) is 17.1 Å². The Morgan fingerprint density at radius 3 is 2.42 bits per heavy atom. The van der Waals surface area contributed by atoms with Gasteiger partial charge in [-0.3, -0.25) is 9.36 Å². The van der Waals surface area contributed by atoms with Gasteiger partial charge in [0.15, 0.2) is 4.80 Å². The molecule has 0 amide bonds. The number of hydrogen-bond acceptors (Lipinski definition) is 6. The fourth-order valence-electron chi connectivity index (χ4n) is 5.28. The molecule has 0 N–H and O–H groups in total. The number of hydrogen-bond donors (Lipinski definition) is 0. The van der Waals surface area contributed by atoms with E-state index in [9.17, 15) is 9.59 Å². The van der Waals surface area contributed by atoms with Crippen LogP contribution in [0.5, 0.6) is 5.75 Å². The number of rotatable bonds is 7. The van der Waals surface area contributed by atoms with Crippen LogP contribution in [0.1, 0.15) is 54.9 Å². The maximum Gasteiger partial charge on any atom is 0.338 e. The fraction of sp³-hybridized carbons (Fsp3) is 0.281. The van der Waals surface area contributed by atoms with Crippen molar-refractivity contribution in [3.8, 4) is 11.4 Å². The first-order valence-corrected chi connectivity index (χ1v) is 14.2. The highest BCUT2D eigenvalue weighted by molar-refractivity contribution is 7.07. The summed E-state index contributed by atoms with van der Waals surface area (Å²) in [6.07, 6.45) is 1.93. The Bertz CT molecular complexity index is 1810. The van der Waals surface area contributed by atoms with Gasteiger partial charge in [0.25, 0.3) is 5.56 Å². The Morgan fingerprint density at radius 1 is 1.02 bits per heavy atom. The summed E-state index contributed by atoms with van der Waals surface area (Å²) in [5.74, 6) is 0.250. The van der Waals surface area contributed by atoms with Crippen molar-refractivity contribution in [2.45, 2.75) is 47.6 Å². The van der Waals surface area contributed by atoms with E-state index in [4.69, 9.17) is 14.5 Å². The molecule has 3 heterocycles. The summed E-state index contributed by atoms with van der Waals surface area (Å²) >= 11 is 1.33. The van der Waals surface area contributed by atoms with Crippen LogP contribution in [0.25, 0.3) is 11.8 Å². The summed E-state index contributed by atoms with van der Waals surface area (Å²) in [4.78, 5) is 32.4. The van der Waals surface area contributed by atoms with Crippen LogP contribution in [-0.4, -0.2) is 28.3 Å². The van der Waals surface area contributed by atoms with Crippen LogP contribution in [0.2, 0.25) is 0 Å². The number of carbonyl (C=O) groups is 1. The molecule has 0 saturated carbocycles. The summed E-state index contributed by atoms with van der Waals surface area (Å²) in [5, 5.41) is 0. The number of aromatic nitrogens is 2. The van der Waals surface area contributed by atoms with Crippen molar-refractivity contribution in [1.82, 2.24) is 9.13 Å². The van der Waals surface area contributed by atoms with Crippen LogP contribution < -0.4 is 19.6 Å². The van der Waals surface area contributed by atoms with E-state index in [2.05, 4.69) is 43.5 Å². The van der Waals surface area contributed by atoms with E-state index in [1.165, 1.54) is 16.9 Å². The Hall–Kier alpha value is -4.17. The lowest BCUT2D eigenvalue weighted by Crippen LogP contribution is -2.39. The summed E-state index contributed by atoms with van der Waals surface area (Å²) < 4.78 is 15.4. The van der Waals surface area contributed by atoms with Crippen molar-refractivity contribution in [2.24, 2.45) is 4.99 Å². The van der Waals surface area contributed by atoms with E-state index in [-0.39, 0.29) is 12.2 Å². The molecule has 40 heavy (non-hydrogen) atoms. The van der Waals surface area contributed by atoms with Crippen molar-refractivity contribution in [3.05, 3.63) is 114 Å². The second-order valence-corrected chi connectivity index (χ2v) is 10.8. The van der Waals surface area contributed by atoms with Crippen molar-refractivity contribution in [2.75, 3.05) is 13.2 Å². The molecule has 8 heteroatoms. The predicted octanol–water partition coefficient (Wildman–Crippen LogP) is 4.91. The first-order valence-electron chi connectivity index (χ1n) is 13.4. The SMILES string of the molecule is CCOC(=O)C1=C(C)N=c2s/c(=C\c3cc(C)n(-c4ccccc4C)c3C)c(=O)n2[C@H]1c1ccc(OCC)cc1. The monoisotopic (exact) mass is 555 g/mol. The second-order valence-electron chi connectivity index (χ2n) is 9.75. The van der Waals surface area contributed by atoms with Crippen LogP contribution in [-0.2, 0) is 9.53 Å². The van der Waals surface area contributed by atoms with Crippen molar-refractivity contribution < 1.29 is 14.3 Å². The summed E-state index contributed by atoms with van der Waals surface area (Å²) in [6.45, 7) is 12.5. The Kier molecular flexibility index (Phi) is 7.63. The molecule has 0 spiro atoms. The smallest absolute Gasteiger partial charge is 0.338 e. The fourth-order valence-corrected chi connectivity index (χ4v) is 6.32. The number of esters is 1. The molecule has 0 aliphatic carbocycles. The number of carbonyl (C=O) groups excluding carboxylic acids is 1. The molecule has 5 rings (SSSR count). The number of allylic oxidation sites excluding steroid dienone is 1. The van der Waals surface area contributed by atoms with E-state index >= 15 is 0 Å². The third kappa shape index (κ3) is 4.84.